The molecular formula is C20H17N7. The molecule has 2 N–H and O–H groups in total. The lowest BCUT2D eigenvalue weighted by atomic mass is 10.1. The van der Waals surface area contributed by atoms with E-state index < -0.39 is 0 Å². The molecule has 0 aliphatic heterocycles. The molecule has 7 heteroatoms. The highest BCUT2D eigenvalue weighted by Crippen LogP contribution is 2.19. The van der Waals surface area contributed by atoms with Gasteiger partial charge >= 0.3 is 0 Å². The zero-order valence-corrected chi connectivity index (χ0v) is 14.7. The van der Waals surface area contributed by atoms with Gasteiger partial charge in [0.2, 0.25) is 0 Å². The summed E-state index contributed by atoms with van der Waals surface area (Å²) >= 11 is 0. The fraction of sp³-hybridized carbons (Fsp3) is 0.100. The van der Waals surface area contributed by atoms with Crippen molar-refractivity contribution in [2.45, 2.75) is 13.5 Å². The Hall–Kier alpha value is -3.74. The van der Waals surface area contributed by atoms with Gasteiger partial charge < -0.3 is 5.32 Å². The van der Waals surface area contributed by atoms with Gasteiger partial charge in [-0.1, -0.05) is 12.1 Å². The Balaban J connectivity index is 1.42. The average Bonchev–Trinajstić information content (AvgIpc) is 2.67. The van der Waals surface area contributed by atoms with Crippen molar-refractivity contribution in [3.05, 3.63) is 72.2 Å². The van der Waals surface area contributed by atoms with E-state index in [-0.39, 0.29) is 0 Å². The number of aromatic nitrogens is 6. The van der Waals surface area contributed by atoms with Crippen molar-refractivity contribution in [2.75, 3.05) is 5.32 Å². The second kappa shape index (κ2) is 6.21. The van der Waals surface area contributed by atoms with E-state index >= 15 is 0 Å². The van der Waals surface area contributed by atoms with Crippen LogP contribution in [-0.4, -0.2) is 29.7 Å². The van der Waals surface area contributed by atoms with Gasteiger partial charge in [-0.15, -0.1) is 0 Å². The summed E-state index contributed by atoms with van der Waals surface area (Å²) in [5.41, 5.74) is 4.90. The SMILES string of the molecule is Cc1ccnc(Nc2cnc3[nH]n(Cc4ccc5ncccc5c4)c3n2)c1. The number of pyridine rings is 2. The summed E-state index contributed by atoms with van der Waals surface area (Å²) in [5, 5.41) is 7.56. The van der Waals surface area contributed by atoms with E-state index in [1.54, 1.807) is 12.4 Å². The molecule has 27 heavy (non-hydrogen) atoms. The summed E-state index contributed by atoms with van der Waals surface area (Å²) in [6, 6.07) is 14.2. The Morgan fingerprint density at radius 2 is 1.96 bits per heavy atom. The topological polar surface area (TPSA) is 84.3 Å². The van der Waals surface area contributed by atoms with Crippen molar-refractivity contribution in [2.24, 2.45) is 0 Å². The summed E-state index contributed by atoms with van der Waals surface area (Å²) in [7, 11) is 0. The van der Waals surface area contributed by atoms with Crippen LogP contribution in [0.5, 0.6) is 0 Å². The first-order valence-electron chi connectivity index (χ1n) is 8.69. The number of aryl methyl sites for hydroxylation is 1. The van der Waals surface area contributed by atoms with Crippen molar-refractivity contribution in [3.8, 4) is 0 Å². The summed E-state index contributed by atoms with van der Waals surface area (Å²) in [5.74, 6) is 1.42. The third kappa shape index (κ3) is 2.99. The van der Waals surface area contributed by atoms with Gasteiger partial charge in [0.15, 0.2) is 17.1 Å². The van der Waals surface area contributed by atoms with E-state index in [1.165, 1.54) is 5.56 Å². The Bertz CT molecular complexity index is 1250. The molecule has 0 unspecified atom stereocenters. The first kappa shape index (κ1) is 15.5. The van der Waals surface area contributed by atoms with E-state index in [9.17, 15) is 0 Å². The number of aromatic amines is 1. The largest absolute Gasteiger partial charge is 0.324 e. The standard InChI is InChI=1S/C20H17N7/c1-13-6-8-22-17(9-13)24-18-11-23-19-20(25-18)27(26-19)12-14-4-5-16-15(10-14)3-2-7-21-16/h2-11H,12H2,1H3,(H,23,26)(H,22,24,25). The number of nitrogens with one attached hydrogen (secondary N) is 2. The van der Waals surface area contributed by atoms with E-state index in [1.807, 2.05) is 42.1 Å². The van der Waals surface area contributed by atoms with Gasteiger partial charge in [0.05, 0.1) is 18.3 Å². The molecule has 5 rings (SSSR count). The molecule has 4 heterocycles. The Morgan fingerprint density at radius 1 is 1.00 bits per heavy atom. The summed E-state index contributed by atoms with van der Waals surface area (Å²) in [6.07, 6.45) is 5.28. The third-order valence-corrected chi connectivity index (χ3v) is 4.43. The van der Waals surface area contributed by atoms with Crippen LogP contribution >= 0.6 is 0 Å². The zero-order chi connectivity index (χ0) is 18.2. The van der Waals surface area contributed by atoms with Gasteiger partial charge in [-0.25, -0.2) is 15.0 Å². The number of nitrogens with zero attached hydrogens (tertiary/aromatic N) is 5. The number of fused-ring (bicyclic) bond motifs is 2. The van der Waals surface area contributed by atoms with Gasteiger partial charge in [0, 0.05) is 17.8 Å². The first-order chi connectivity index (χ1) is 13.2. The average molecular weight is 355 g/mol. The smallest absolute Gasteiger partial charge is 0.194 e. The molecule has 4 aromatic heterocycles. The van der Waals surface area contributed by atoms with Crippen LogP contribution in [0.15, 0.2) is 61.1 Å². The molecule has 0 fully saturated rings. The quantitative estimate of drug-likeness (QED) is 0.512. The van der Waals surface area contributed by atoms with E-state index in [4.69, 9.17) is 0 Å². The summed E-state index contributed by atoms with van der Waals surface area (Å²) in [6.45, 7) is 2.72. The van der Waals surface area contributed by atoms with E-state index in [0.717, 1.165) is 33.6 Å². The van der Waals surface area contributed by atoms with Crippen molar-refractivity contribution < 1.29 is 0 Å². The van der Waals surface area contributed by atoms with Crippen molar-refractivity contribution >= 4 is 33.8 Å². The van der Waals surface area contributed by atoms with Gasteiger partial charge in [-0.05, 0) is 48.4 Å². The Morgan fingerprint density at radius 3 is 2.89 bits per heavy atom. The summed E-state index contributed by atoms with van der Waals surface area (Å²) in [4.78, 5) is 17.7. The second-order valence-corrected chi connectivity index (χ2v) is 6.50. The normalized spacial score (nSPS) is 11.3. The Labute approximate surface area is 155 Å². The second-order valence-electron chi connectivity index (χ2n) is 6.50. The van der Waals surface area contributed by atoms with Crippen LogP contribution in [0.25, 0.3) is 22.2 Å². The molecule has 0 aliphatic carbocycles. The molecule has 0 amide bonds. The van der Waals surface area contributed by atoms with E-state index in [2.05, 4.69) is 48.6 Å². The minimum Gasteiger partial charge on any atom is -0.324 e. The fourth-order valence-corrected chi connectivity index (χ4v) is 3.09. The van der Waals surface area contributed by atoms with Gasteiger partial charge in [-0.3, -0.25) is 14.8 Å². The summed E-state index contributed by atoms with van der Waals surface area (Å²) < 4.78 is 1.98. The molecule has 0 spiro atoms. The van der Waals surface area contributed by atoms with E-state index in [0.29, 0.717) is 12.4 Å². The molecular weight excluding hydrogens is 338 g/mol. The maximum absolute atomic E-state index is 4.66. The monoisotopic (exact) mass is 355 g/mol. The van der Waals surface area contributed by atoms with Crippen LogP contribution < -0.4 is 5.32 Å². The molecule has 7 nitrogen and oxygen atoms in total. The highest BCUT2D eigenvalue weighted by molar-refractivity contribution is 5.79. The van der Waals surface area contributed by atoms with Crippen LogP contribution in [0.4, 0.5) is 11.6 Å². The fourth-order valence-electron chi connectivity index (χ4n) is 3.09. The molecule has 5 aromatic rings. The number of benzene rings is 1. The van der Waals surface area contributed by atoms with Crippen LogP contribution in [0.1, 0.15) is 11.1 Å². The predicted molar refractivity (Wildman–Crippen MR) is 105 cm³/mol. The highest BCUT2D eigenvalue weighted by Gasteiger charge is 2.11. The third-order valence-electron chi connectivity index (χ3n) is 4.43. The zero-order valence-electron chi connectivity index (χ0n) is 14.7. The van der Waals surface area contributed by atoms with Gasteiger partial charge in [0.25, 0.3) is 0 Å². The van der Waals surface area contributed by atoms with Gasteiger partial charge in [-0.2, -0.15) is 0 Å². The van der Waals surface area contributed by atoms with Crippen LogP contribution in [0, 0.1) is 6.92 Å². The van der Waals surface area contributed by atoms with Gasteiger partial charge in [0.1, 0.15) is 5.82 Å². The maximum atomic E-state index is 4.66. The molecule has 1 aromatic carbocycles. The lowest BCUT2D eigenvalue weighted by molar-refractivity contribution is 0.666. The maximum Gasteiger partial charge on any atom is 0.194 e. The van der Waals surface area contributed by atoms with Crippen LogP contribution in [0.3, 0.4) is 0 Å². The molecule has 0 saturated carbocycles. The predicted octanol–water partition coefficient (Wildman–Crippen LogP) is 3.80. The van der Waals surface area contributed by atoms with Crippen LogP contribution in [0.2, 0.25) is 0 Å². The molecule has 0 radical (unpaired) electrons. The minimum atomic E-state index is 0.668. The molecule has 0 atom stereocenters. The number of hydrogen-bond acceptors (Lipinski definition) is 5. The number of anilines is 2. The number of H-pyrrole nitrogens is 1. The molecule has 132 valence electrons. The number of hydrogen-bond donors (Lipinski definition) is 2. The number of rotatable bonds is 4. The molecule has 0 saturated heterocycles. The van der Waals surface area contributed by atoms with Crippen molar-refractivity contribution in [1.82, 2.24) is 29.7 Å². The minimum absolute atomic E-state index is 0.668. The Kier molecular flexibility index (Phi) is 3.57. The first-order valence-corrected chi connectivity index (χ1v) is 8.69. The lowest BCUT2D eigenvalue weighted by Gasteiger charge is -2.16. The van der Waals surface area contributed by atoms with Crippen molar-refractivity contribution in [3.63, 3.8) is 0 Å². The van der Waals surface area contributed by atoms with Crippen molar-refractivity contribution in [1.29, 1.82) is 0 Å². The lowest BCUT2D eigenvalue weighted by Crippen LogP contribution is -2.15. The molecule has 0 aliphatic rings. The molecule has 0 bridgehead atoms. The highest BCUT2D eigenvalue weighted by atomic mass is 15.4. The van der Waals surface area contributed by atoms with Crippen LogP contribution in [-0.2, 0) is 6.54 Å².